The van der Waals surface area contributed by atoms with Crippen molar-refractivity contribution in [2.24, 2.45) is 12.5 Å². The van der Waals surface area contributed by atoms with Crippen molar-refractivity contribution < 1.29 is 4.79 Å². The molecule has 0 aliphatic heterocycles. The van der Waals surface area contributed by atoms with Gasteiger partial charge >= 0.3 is 0 Å². The molecule has 0 radical (unpaired) electrons. The number of carbonyl (C=O) groups excluding carboxylic acids is 1. The zero-order valence-electron chi connectivity index (χ0n) is 16.1. The number of hydrogen-bond acceptors (Lipinski definition) is 3. The molecule has 1 spiro atoms. The minimum absolute atomic E-state index is 0.0267. The minimum atomic E-state index is -0.0267. The van der Waals surface area contributed by atoms with Gasteiger partial charge in [-0.15, -0.1) is 0 Å². The molecule has 1 unspecified atom stereocenters. The largest absolute Gasteiger partial charge is 0.347 e. The van der Waals surface area contributed by atoms with Crippen molar-refractivity contribution in [3.63, 3.8) is 0 Å². The first-order valence-corrected chi connectivity index (χ1v) is 9.87. The summed E-state index contributed by atoms with van der Waals surface area (Å²) in [5.74, 6) is -0.0267. The fraction of sp³-hybridized carbons (Fsp3) is 0.650. The molecule has 2 heterocycles. The van der Waals surface area contributed by atoms with Crippen molar-refractivity contribution in [3.8, 4) is 11.3 Å². The molecule has 2 fully saturated rings. The average molecular weight is 355 g/mol. The maximum absolute atomic E-state index is 12.9. The van der Waals surface area contributed by atoms with E-state index in [1.807, 2.05) is 31.6 Å². The summed E-state index contributed by atoms with van der Waals surface area (Å²) >= 11 is 0. The molecular weight excluding hydrogens is 326 g/mol. The van der Waals surface area contributed by atoms with Gasteiger partial charge < -0.3 is 5.32 Å². The maximum Gasteiger partial charge on any atom is 0.269 e. The van der Waals surface area contributed by atoms with Crippen LogP contribution in [0.5, 0.6) is 0 Å². The van der Waals surface area contributed by atoms with Gasteiger partial charge in [0.25, 0.3) is 5.91 Å². The van der Waals surface area contributed by atoms with Gasteiger partial charge in [0.05, 0.1) is 11.4 Å². The molecule has 0 bridgehead atoms. The first kappa shape index (κ1) is 17.3. The highest BCUT2D eigenvalue weighted by Gasteiger charge is 2.43. The Balaban J connectivity index is 1.53. The fourth-order valence-corrected chi connectivity index (χ4v) is 5.16. The number of amides is 1. The van der Waals surface area contributed by atoms with Crippen molar-refractivity contribution in [3.05, 3.63) is 23.1 Å². The van der Waals surface area contributed by atoms with Crippen molar-refractivity contribution >= 4 is 5.91 Å². The van der Waals surface area contributed by atoms with Crippen LogP contribution in [0.3, 0.4) is 0 Å². The summed E-state index contributed by atoms with van der Waals surface area (Å²) in [5, 5.41) is 15.1. The molecule has 1 atom stereocenters. The molecule has 0 saturated heterocycles. The number of nitrogens with zero attached hydrogens (tertiary/aromatic N) is 3. The molecule has 26 heavy (non-hydrogen) atoms. The lowest BCUT2D eigenvalue weighted by Gasteiger charge is -2.41. The third-order valence-electron chi connectivity index (χ3n) is 6.65. The lowest BCUT2D eigenvalue weighted by molar-refractivity contribution is 0.0800. The first-order chi connectivity index (χ1) is 12.5. The lowest BCUT2D eigenvalue weighted by atomic mass is 9.69. The Morgan fingerprint density at radius 3 is 2.58 bits per heavy atom. The van der Waals surface area contributed by atoms with Gasteiger partial charge in [0.2, 0.25) is 0 Å². The van der Waals surface area contributed by atoms with Gasteiger partial charge in [-0.2, -0.15) is 10.2 Å². The van der Waals surface area contributed by atoms with Crippen LogP contribution in [0.25, 0.3) is 11.3 Å². The van der Waals surface area contributed by atoms with Crippen molar-refractivity contribution in [2.75, 3.05) is 0 Å². The van der Waals surface area contributed by atoms with E-state index in [1.165, 1.54) is 44.9 Å². The number of rotatable bonds is 3. The lowest BCUT2D eigenvalue weighted by Crippen LogP contribution is -2.48. The Hall–Kier alpha value is -2.11. The standard InChI is InChI=1S/C20H29N5O/c1-13-18(14(2)25(3)24-13)15-12-16(23-22-15)19(26)21-17-8-4-5-9-20(17)10-6-7-11-20/h12,17H,4-11H2,1-3H3,(H,21,26)(H,22,23). The average Bonchev–Trinajstić information content (AvgIpc) is 3.32. The van der Waals surface area contributed by atoms with Crippen LogP contribution >= 0.6 is 0 Å². The fourth-order valence-electron chi connectivity index (χ4n) is 5.16. The zero-order chi connectivity index (χ0) is 18.3. The predicted molar refractivity (Wildman–Crippen MR) is 101 cm³/mol. The van der Waals surface area contributed by atoms with Crippen molar-refractivity contribution in [2.45, 2.75) is 71.3 Å². The molecule has 2 aliphatic rings. The van der Waals surface area contributed by atoms with Crippen LogP contribution in [0, 0.1) is 19.3 Å². The van der Waals surface area contributed by atoms with Crippen molar-refractivity contribution in [1.29, 1.82) is 0 Å². The van der Waals surface area contributed by atoms with Crippen LogP contribution < -0.4 is 5.32 Å². The highest BCUT2D eigenvalue weighted by atomic mass is 16.2. The summed E-state index contributed by atoms with van der Waals surface area (Å²) < 4.78 is 1.85. The Labute approximate surface area is 154 Å². The van der Waals surface area contributed by atoms with Gasteiger partial charge in [-0.1, -0.05) is 25.7 Å². The summed E-state index contributed by atoms with van der Waals surface area (Å²) in [4.78, 5) is 12.9. The highest BCUT2D eigenvalue weighted by Crippen LogP contribution is 2.49. The summed E-state index contributed by atoms with van der Waals surface area (Å²) in [7, 11) is 1.93. The monoisotopic (exact) mass is 355 g/mol. The Kier molecular flexibility index (Phi) is 4.37. The van der Waals surface area contributed by atoms with E-state index in [0.717, 1.165) is 29.1 Å². The van der Waals surface area contributed by atoms with E-state index >= 15 is 0 Å². The molecule has 2 aromatic rings. The topological polar surface area (TPSA) is 75.6 Å². The van der Waals surface area contributed by atoms with E-state index in [-0.39, 0.29) is 5.91 Å². The van der Waals surface area contributed by atoms with Crippen LogP contribution in [0.2, 0.25) is 0 Å². The Bertz CT molecular complexity index is 812. The Morgan fingerprint density at radius 2 is 1.92 bits per heavy atom. The van der Waals surface area contributed by atoms with E-state index < -0.39 is 0 Å². The molecule has 140 valence electrons. The number of aryl methyl sites for hydroxylation is 2. The van der Waals surface area contributed by atoms with Gasteiger partial charge in [-0.25, -0.2) is 0 Å². The van der Waals surface area contributed by atoms with E-state index in [1.54, 1.807) is 0 Å². The van der Waals surface area contributed by atoms with Gasteiger partial charge in [0.15, 0.2) is 0 Å². The Morgan fingerprint density at radius 1 is 1.23 bits per heavy atom. The second-order valence-corrected chi connectivity index (χ2v) is 8.18. The number of carbonyl (C=O) groups is 1. The molecule has 6 heteroatoms. The molecule has 1 amide bonds. The molecule has 6 nitrogen and oxygen atoms in total. The van der Waals surface area contributed by atoms with Gasteiger partial charge in [-0.3, -0.25) is 14.6 Å². The summed E-state index contributed by atoms with van der Waals surface area (Å²) in [6, 6.07) is 2.16. The van der Waals surface area contributed by atoms with E-state index in [2.05, 4.69) is 20.6 Å². The second kappa shape index (κ2) is 6.56. The van der Waals surface area contributed by atoms with Gasteiger partial charge in [-0.05, 0) is 51.0 Å². The van der Waals surface area contributed by atoms with Crippen LogP contribution in [-0.4, -0.2) is 31.9 Å². The number of H-pyrrole nitrogens is 1. The summed E-state index contributed by atoms with van der Waals surface area (Å²) in [5.41, 5.74) is 4.66. The molecular formula is C20H29N5O. The smallest absolute Gasteiger partial charge is 0.269 e. The third kappa shape index (κ3) is 2.85. The molecule has 2 saturated carbocycles. The SMILES string of the molecule is Cc1nn(C)c(C)c1-c1cc(C(=O)NC2CCCCC23CCCC3)[nH]n1. The number of aromatic amines is 1. The summed E-state index contributed by atoms with van der Waals surface area (Å²) in [6.45, 7) is 4.00. The first-order valence-electron chi connectivity index (χ1n) is 9.87. The normalized spacial score (nSPS) is 22.0. The van der Waals surface area contributed by atoms with Crippen LogP contribution in [0.4, 0.5) is 0 Å². The van der Waals surface area contributed by atoms with Crippen LogP contribution in [0.15, 0.2) is 6.07 Å². The predicted octanol–water partition coefficient (Wildman–Crippen LogP) is 3.66. The molecule has 2 aliphatic carbocycles. The summed E-state index contributed by atoms with van der Waals surface area (Å²) in [6.07, 6.45) is 10.0. The van der Waals surface area contributed by atoms with E-state index in [9.17, 15) is 4.79 Å². The molecule has 2 aromatic heterocycles. The number of aromatic nitrogens is 4. The van der Waals surface area contributed by atoms with E-state index in [4.69, 9.17) is 0 Å². The zero-order valence-corrected chi connectivity index (χ0v) is 16.1. The quantitative estimate of drug-likeness (QED) is 0.882. The highest BCUT2D eigenvalue weighted by molar-refractivity contribution is 5.93. The van der Waals surface area contributed by atoms with E-state index in [0.29, 0.717) is 17.2 Å². The third-order valence-corrected chi connectivity index (χ3v) is 6.65. The number of hydrogen-bond donors (Lipinski definition) is 2. The number of nitrogens with one attached hydrogen (secondary N) is 2. The maximum atomic E-state index is 12.9. The minimum Gasteiger partial charge on any atom is -0.347 e. The second-order valence-electron chi connectivity index (χ2n) is 8.18. The van der Waals surface area contributed by atoms with Crippen LogP contribution in [0.1, 0.15) is 73.2 Å². The molecule has 4 rings (SSSR count). The van der Waals surface area contributed by atoms with Crippen LogP contribution in [-0.2, 0) is 7.05 Å². The molecule has 2 N–H and O–H groups in total. The van der Waals surface area contributed by atoms with Gasteiger partial charge in [0.1, 0.15) is 5.69 Å². The molecule has 0 aromatic carbocycles. The van der Waals surface area contributed by atoms with Gasteiger partial charge in [0, 0.05) is 24.3 Å². The van der Waals surface area contributed by atoms with Crippen molar-refractivity contribution in [1.82, 2.24) is 25.3 Å².